The van der Waals surface area contributed by atoms with Crippen molar-refractivity contribution in [1.29, 1.82) is 0 Å². The first-order valence-corrected chi connectivity index (χ1v) is 12.6. The number of alkyl halides is 3. The number of nitrogens with zero attached hydrogens (tertiary/aromatic N) is 2. The first-order chi connectivity index (χ1) is 17.9. The lowest BCUT2D eigenvalue weighted by atomic mass is 10.0. The molecule has 1 aromatic heterocycles. The average molecular weight is 536 g/mol. The van der Waals surface area contributed by atoms with Crippen LogP contribution in [0.2, 0.25) is 0 Å². The molecule has 206 valence electrons. The van der Waals surface area contributed by atoms with Crippen LogP contribution in [0, 0.1) is 5.82 Å². The van der Waals surface area contributed by atoms with Crippen LogP contribution < -0.4 is 5.32 Å². The first-order valence-electron chi connectivity index (χ1n) is 12.6. The largest absolute Gasteiger partial charge is 0.416 e. The fourth-order valence-electron chi connectivity index (χ4n) is 4.35. The second-order valence-electron chi connectivity index (χ2n) is 9.56. The minimum absolute atomic E-state index is 0.0481. The Bertz CT molecular complexity index is 1220. The van der Waals surface area contributed by atoms with Crippen molar-refractivity contribution in [3.05, 3.63) is 76.9 Å². The lowest BCUT2D eigenvalue weighted by molar-refractivity contribution is -0.138. The zero-order valence-electron chi connectivity index (χ0n) is 21.6. The molecule has 2 unspecified atom stereocenters. The Morgan fingerprint density at radius 2 is 1.71 bits per heavy atom. The van der Waals surface area contributed by atoms with Gasteiger partial charge in [0.1, 0.15) is 17.3 Å². The summed E-state index contributed by atoms with van der Waals surface area (Å²) in [6.45, 7) is 5.44. The van der Waals surface area contributed by atoms with Crippen LogP contribution in [0.1, 0.15) is 73.3 Å². The highest BCUT2D eigenvalue weighted by Crippen LogP contribution is 2.32. The number of rotatable bonds is 11. The SMILES string of the molecule is CCC(O)CC(O)CCn1c(-c2ccc(F)cc2)nc(C(=O)NCc2ccccc2C(F)(F)F)c1C(C)C. The molecule has 0 aliphatic rings. The van der Waals surface area contributed by atoms with Crippen molar-refractivity contribution < 1.29 is 32.6 Å². The van der Waals surface area contributed by atoms with Crippen LogP contribution in [0.25, 0.3) is 11.4 Å². The second-order valence-corrected chi connectivity index (χ2v) is 9.56. The highest BCUT2D eigenvalue weighted by atomic mass is 19.4. The lowest BCUT2D eigenvalue weighted by Gasteiger charge is -2.19. The van der Waals surface area contributed by atoms with E-state index in [2.05, 4.69) is 10.3 Å². The second kappa shape index (κ2) is 12.5. The monoisotopic (exact) mass is 535 g/mol. The number of aromatic nitrogens is 2. The topological polar surface area (TPSA) is 87.4 Å². The molecule has 0 spiro atoms. The standard InChI is InChI=1S/C28H33F4N3O3/c1-4-21(36)15-22(37)13-14-35-25(17(2)3)24(34-26(35)18-9-11-20(29)12-10-18)27(38)33-16-19-7-5-6-8-23(19)28(30,31)32/h5-12,17,21-22,36-37H,4,13-16H2,1-3H3,(H,33,38). The maximum Gasteiger partial charge on any atom is 0.416 e. The number of imidazole rings is 1. The molecular weight excluding hydrogens is 502 g/mol. The molecule has 1 heterocycles. The van der Waals surface area contributed by atoms with Gasteiger partial charge in [-0.2, -0.15) is 13.2 Å². The van der Waals surface area contributed by atoms with Crippen LogP contribution in [0.5, 0.6) is 0 Å². The summed E-state index contributed by atoms with van der Waals surface area (Å²) < 4.78 is 55.6. The minimum Gasteiger partial charge on any atom is -0.393 e. The van der Waals surface area contributed by atoms with Crippen molar-refractivity contribution in [2.24, 2.45) is 0 Å². The highest BCUT2D eigenvalue weighted by Gasteiger charge is 2.33. The predicted molar refractivity (Wildman–Crippen MR) is 136 cm³/mol. The molecule has 10 heteroatoms. The van der Waals surface area contributed by atoms with Gasteiger partial charge in [-0.3, -0.25) is 4.79 Å². The molecule has 6 nitrogen and oxygen atoms in total. The van der Waals surface area contributed by atoms with Crippen LogP contribution in [0.4, 0.5) is 17.6 Å². The fourth-order valence-corrected chi connectivity index (χ4v) is 4.35. The number of amides is 1. The molecular formula is C28H33F4N3O3. The molecule has 2 atom stereocenters. The summed E-state index contributed by atoms with van der Waals surface area (Å²) >= 11 is 0. The Labute approximate surface area is 219 Å². The predicted octanol–water partition coefficient (Wildman–Crippen LogP) is 5.67. The number of aliphatic hydroxyl groups excluding tert-OH is 2. The zero-order chi connectivity index (χ0) is 28.0. The Hall–Kier alpha value is -3.24. The molecule has 0 saturated heterocycles. The summed E-state index contributed by atoms with van der Waals surface area (Å²) in [7, 11) is 0. The van der Waals surface area contributed by atoms with E-state index >= 15 is 0 Å². The molecule has 2 aromatic carbocycles. The molecule has 3 aromatic rings. The van der Waals surface area contributed by atoms with E-state index in [4.69, 9.17) is 0 Å². The molecule has 0 saturated carbocycles. The number of carbonyl (C=O) groups is 1. The summed E-state index contributed by atoms with van der Waals surface area (Å²) in [5.74, 6) is -0.924. The highest BCUT2D eigenvalue weighted by molar-refractivity contribution is 5.94. The number of aliphatic hydroxyl groups is 2. The van der Waals surface area contributed by atoms with Crippen LogP contribution >= 0.6 is 0 Å². The molecule has 3 N–H and O–H groups in total. The van der Waals surface area contributed by atoms with E-state index in [0.717, 1.165) is 6.07 Å². The van der Waals surface area contributed by atoms with E-state index in [-0.39, 0.29) is 43.1 Å². The molecule has 0 bridgehead atoms. The number of nitrogens with one attached hydrogen (secondary N) is 1. The molecule has 0 fully saturated rings. The molecule has 0 radical (unpaired) electrons. The molecule has 1 amide bonds. The van der Waals surface area contributed by atoms with Gasteiger partial charge in [0.05, 0.1) is 23.5 Å². The molecule has 3 rings (SSSR count). The van der Waals surface area contributed by atoms with Crippen molar-refractivity contribution in [3.63, 3.8) is 0 Å². The van der Waals surface area contributed by atoms with Gasteiger partial charge in [0, 0.05) is 18.7 Å². The summed E-state index contributed by atoms with van der Waals surface area (Å²) in [6.07, 6.45) is -5.04. The zero-order valence-corrected chi connectivity index (χ0v) is 21.6. The number of halogens is 4. The summed E-state index contributed by atoms with van der Waals surface area (Å²) in [5.41, 5.74) is 0.222. The maximum absolute atomic E-state index is 13.6. The van der Waals surface area contributed by atoms with Gasteiger partial charge in [0.2, 0.25) is 0 Å². The third kappa shape index (κ3) is 7.20. The van der Waals surface area contributed by atoms with E-state index in [1.165, 1.54) is 42.5 Å². The quantitative estimate of drug-likeness (QED) is 0.276. The summed E-state index contributed by atoms with van der Waals surface area (Å²) in [4.78, 5) is 17.8. The smallest absolute Gasteiger partial charge is 0.393 e. The van der Waals surface area contributed by atoms with E-state index in [0.29, 0.717) is 23.5 Å². The fraction of sp³-hybridized carbons (Fsp3) is 0.429. The molecule has 38 heavy (non-hydrogen) atoms. The van der Waals surface area contributed by atoms with Gasteiger partial charge in [0.15, 0.2) is 0 Å². The minimum atomic E-state index is -4.56. The van der Waals surface area contributed by atoms with Crippen LogP contribution in [0.15, 0.2) is 48.5 Å². The van der Waals surface area contributed by atoms with Gasteiger partial charge < -0.3 is 20.1 Å². The van der Waals surface area contributed by atoms with Crippen molar-refractivity contribution >= 4 is 5.91 Å². The van der Waals surface area contributed by atoms with Crippen molar-refractivity contribution in [2.45, 2.75) is 77.4 Å². The van der Waals surface area contributed by atoms with Gasteiger partial charge in [-0.1, -0.05) is 39.0 Å². The van der Waals surface area contributed by atoms with Gasteiger partial charge >= 0.3 is 6.18 Å². The first kappa shape index (κ1) is 29.3. The number of benzene rings is 2. The number of hydrogen-bond acceptors (Lipinski definition) is 4. The maximum atomic E-state index is 13.6. The van der Waals surface area contributed by atoms with E-state index in [9.17, 15) is 32.6 Å². The number of carbonyl (C=O) groups excluding carboxylic acids is 1. The van der Waals surface area contributed by atoms with Gasteiger partial charge in [-0.15, -0.1) is 0 Å². The van der Waals surface area contributed by atoms with E-state index in [1.807, 2.05) is 20.8 Å². The third-order valence-corrected chi connectivity index (χ3v) is 6.33. The van der Waals surface area contributed by atoms with Gasteiger partial charge in [0.25, 0.3) is 5.91 Å². The van der Waals surface area contributed by atoms with Gasteiger partial charge in [-0.05, 0) is 61.1 Å². The Balaban J connectivity index is 1.96. The average Bonchev–Trinajstić information content (AvgIpc) is 3.26. The normalized spacial score (nSPS) is 13.5. The third-order valence-electron chi connectivity index (χ3n) is 6.33. The number of hydrogen-bond donors (Lipinski definition) is 3. The van der Waals surface area contributed by atoms with Crippen molar-refractivity contribution in [1.82, 2.24) is 14.9 Å². The van der Waals surface area contributed by atoms with Crippen LogP contribution in [-0.2, 0) is 19.3 Å². The van der Waals surface area contributed by atoms with Crippen LogP contribution in [0.3, 0.4) is 0 Å². The van der Waals surface area contributed by atoms with Crippen LogP contribution in [-0.4, -0.2) is 37.9 Å². The molecule has 0 aliphatic carbocycles. The molecule has 0 aliphatic heterocycles. The van der Waals surface area contributed by atoms with E-state index in [1.54, 1.807) is 4.57 Å². The Morgan fingerprint density at radius 3 is 2.32 bits per heavy atom. The Morgan fingerprint density at radius 1 is 1.05 bits per heavy atom. The summed E-state index contributed by atoms with van der Waals surface area (Å²) in [5, 5.41) is 22.9. The lowest BCUT2D eigenvalue weighted by Crippen LogP contribution is -2.26. The van der Waals surface area contributed by atoms with Gasteiger partial charge in [-0.25, -0.2) is 9.37 Å². The van der Waals surface area contributed by atoms with Crippen molar-refractivity contribution in [3.8, 4) is 11.4 Å². The van der Waals surface area contributed by atoms with E-state index < -0.39 is 35.7 Å². The van der Waals surface area contributed by atoms with Crippen molar-refractivity contribution in [2.75, 3.05) is 0 Å². The summed E-state index contributed by atoms with van der Waals surface area (Å²) in [6, 6.07) is 10.6. The Kier molecular flexibility index (Phi) is 9.67.